The van der Waals surface area contributed by atoms with Crippen molar-refractivity contribution in [2.24, 2.45) is 0 Å². The van der Waals surface area contributed by atoms with Crippen LogP contribution in [0.1, 0.15) is 0 Å². The zero-order chi connectivity index (χ0) is 23.0. The van der Waals surface area contributed by atoms with Crippen molar-refractivity contribution < 1.29 is 22.6 Å². The van der Waals surface area contributed by atoms with E-state index < -0.39 is 25.5 Å². The fourth-order valence-corrected chi connectivity index (χ4v) is 4.63. The standard InChI is InChI=1S/C19H14N4O7S2/c1-30-15-7-4-12(8-16(15)32(27,28)29)20-17-9-18(24)22-14(10-31-19(22)21-17)11-2-5-13(6-3-11)23(25)26/h2-10,20H,1H3,(H,27,28,29). The summed E-state index contributed by atoms with van der Waals surface area (Å²) in [5.41, 5.74) is 0.938. The summed E-state index contributed by atoms with van der Waals surface area (Å²) in [6.07, 6.45) is 0. The Hall–Kier alpha value is -3.81. The Labute approximate surface area is 184 Å². The molecule has 4 rings (SSSR count). The van der Waals surface area contributed by atoms with Gasteiger partial charge in [0.05, 0.1) is 17.7 Å². The molecular weight excluding hydrogens is 460 g/mol. The third-order valence-electron chi connectivity index (χ3n) is 4.49. The normalized spacial score (nSPS) is 11.4. The van der Waals surface area contributed by atoms with Gasteiger partial charge < -0.3 is 10.1 Å². The summed E-state index contributed by atoms with van der Waals surface area (Å²) >= 11 is 1.19. The maximum Gasteiger partial charge on any atom is 0.298 e. The molecule has 0 bridgehead atoms. The van der Waals surface area contributed by atoms with E-state index in [1.807, 2.05) is 0 Å². The van der Waals surface area contributed by atoms with Gasteiger partial charge in [0.25, 0.3) is 21.4 Å². The number of hydrogen-bond donors (Lipinski definition) is 2. The van der Waals surface area contributed by atoms with E-state index in [9.17, 15) is 27.9 Å². The van der Waals surface area contributed by atoms with Crippen molar-refractivity contribution in [1.82, 2.24) is 9.38 Å². The van der Waals surface area contributed by atoms with Crippen LogP contribution in [0.3, 0.4) is 0 Å². The molecule has 0 aliphatic carbocycles. The summed E-state index contributed by atoms with van der Waals surface area (Å²) < 4.78 is 38.9. The van der Waals surface area contributed by atoms with Crippen LogP contribution in [0.4, 0.5) is 17.2 Å². The van der Waals surface area contributed by atoms with E-state index in [1.54, 1.807) is 17.5 Å². The van der Waals surface area contributed by atoms with Crippen LogP contribution in [-0.2, 0) is 10.1 Å². The quantitative estimate of drug-likeness (QED) is 0.243. The predicted octanol–water partition coefficient (Wildman–Crippen LogP) is 3.33. The Morgan fingerprint density at radius 2 is 1.91 bits per heavy atom. The highest BCUT2D eigenvalue weighted by molar-refractivity contribution is 7.86. The molecule has 2 aromatic heterocycles. The third-order valence-corrected chi connectivity index (χ3v) is 6.19. The minimum absolute atomic E-state index is 0.0347. The third kappa shape index (κ3) is 4.03. The van der Waals surface area contributed by atoms with Crippen LogP contribution in [0.5, 0.6) is 5.75 Å². The number of methoxy groups -OCH3 is 1. The van der Waals surface area contributed by atoms with Crippen LogP contribution >= 0.6 is 11.3 Å². The number of thiazole rings is 1. The molecule has 2 heterocycles. The number of nitrogens with one attached hydrogen (secondary N) is 1. The molecule has 0 spiro atoms. The maximum absolute atomic E-state index is 12.8. The van der Waals surface area contributed by atoms with E-state index in [0.29, 0.717) is 16.2 Å². The summed E-state index contributed by atoms with van der Waals surface area (Å²) in [6.45, 7) is 0. The molecule has 11 nitrogen and oxygen atoms in total. The highest BCUT2D eigenvalue weighted by atomic mass is 32.2. The zero-order valence-electron chi connectivity index (χ0n) is 16.3. The number of hydrogen-bond acceptors (Lipinski definition) is 9. The second kappa shape index (κ2) is 8.03. The molecule has 0 aliphatic rings. The number of ether oxygens (including phenoxy) is 1. The molecule has 0 fully saturated rings. The fourth-order valence-electron chi connectivity index (χ4n) is 3.04. The summed E-state index contributed by atoms with van der Waals surface area (Å²) in [5, 5.41) is 15.4. The molecule has 164 valence electrons. The Morgan fingerprint density at radius 3 is 2.53 bits per heavy atom. The number of non-ortho nitro benzene ring substituents is 1. The van der Waals surface area contributed by atoms with E-state index >= 15 is 0 Å². The smallest absolute Gasteiger partial charge is 0.298 e. The van der Waals surface area contributed by atoms with Gasteiger partial charge in [-0.1, -0.05) is 0 Å². The van der Waals surface area contributed by atoms with Crippen molar-refractivity contribution in [3.8, 4) is 17.0 Å². The fraction of sp³-hybridized carbons (Fsp3) is 0.0526. The van der Waals surface area contributed by atoms with Crippen LogP contribution in [0.25, 0.3) is 16.2 Å². The molecule has 0 atom stereocenters. The van der Waals surface area contributed by atoms with Crippen molar-refractivity contribution in [3.63, 3.8) is 0 Å². The monoisotopic (exact) mass is 474 g/mol. The van der Waals surface area contributed by atoms with Gasteiger partial charge >= 0.3 is 0 Å². The molecule has 0 amide bonds. The number of rotatable bonds is 6. The zero-order valence-corrected chi connectivity index (χ0v) is 17.9. The molecule has 2 aromatic carbocycles. The average Bonchev–Trinajstić information content (AvgIpc) is 3.17. The summed E-state index contributed by atoms with van der Waals surface area (Å²) in [7, 11) is -3.26. The van der Waals surface area contributed by atoms with Crippen LogP contribution in [0.2, 0.25) is 0 Å². The molecule has 0 aliphatic heterocycles. The van der Waals surface area contributed by atoms with Gasteiger partial charge in [-0.05, 0) is 30.3 Å². The van der Waals surface area contributed by atoms with Gasteiger partial charge in [-0.25, -0.2) is 4.98 Å². The van der Waals surface area contributed by atoms with Gasteiger partial charge in [0.2, 0.25) is 0 Å². The molecule has 0 saturated heterocycles. The van der Waals surface area contributed by atoms with Crippen molar-refractivity contribution in [1.29, 1.82) is 0 Å². The molecule has 0 radical (unpaired) electrons. The first kappa shape index (κ1) is 21.4. The van der Waals surface area contributed by atoms with Crippen molar-refractivity contribution in [2.75, 3.05) is 12.4 Å². The number of nitro benzene ring substituents is 1. The van der Waals surface area contributed by atoms with Gasteiger partial charge in [-0.3, -0.25) is 23.9 Å². The highest BCUT2D eigenvalue weighted by Gasteiger charge is 2.18. The second-order valence-electron chi connectivity index (χ2n) is 6.49. The van der Waals surface area contributed by atoms with Gasteiger partial charge in [0, 0.05) is 34.8 Å². The highest BCUT2D eigenvalue weighted by Crippen LogP contribution is 2.29. The summed E-state index contributed by atoms with van der Waals surface area (Å²) in [6, 6.07) is 11.1. The lowest BCUT2D eigenvalue weighted by molar-refractivity contribution is -0.384. The lowest BCUT2D eigenvalue weighted by Gasteiger charge is -2.10. The minimum Gasteiger partial charge on any atom is -0.495 e. The number of fused-ring (bicyclic) bond motifs is 1. The van der Waals surface area contributed by atoms with Crippen LogP contribution in [-0.4, -0.2) is 34.4 Å². The second-order valence-corrected chi connectivity index (χ2v) is 8.71. The lowest BCUT2D eigenvalue weighted by Crippen LogP contribution is -2.14. The number of aromatic nitrogens is 2. The number of nitro groups is 1. The molecule has 2 N–H and O–H groups in total. The molecule has 0 saturated carbocycles. The summed E-state index contributed by atoms with van der Waals surface area (Å²) in [5.74, 6) is 0.131. The summed E-state index contributed by atoms with van der Waals surface area (Å²) in [4.78, 5) is 27.4. The Morgan fingerprint density at radius 1 is 1.19 bits per heavy atom. The SMILES string of the molecule is COc1ccc(Nc2cc(=O)n3c(-c4ccc([N+](=O)[O-])cc4)csc3n2)cc1S(=O)(=O)O. The van der Waals surface area contributed by atoms with Gasteiger partial charge in [-0.2, -0.15) is 8.42 Å². The van der Waals surface area contributed by atoms with Gasteiger partial charge in [0.1, 0.15) is 16.5 Å². The first-order valence-electron chi connectivity index (χ1n) is 8.86. The molecule has 32 heavy (non-hydrogen) atoms. The average molecular weight is 474 g/mol. The molecule has 0 unspecified atom stereocenters. The van der Waals surface area contributed by atoms with Gasteiger partial charge in [0.15, 0.2) is 4.96 Å². The predicted molar refractivity (Wildman–Crippen MR) is 118 cm³/mol. The van der Waals surface area contributed by atoms with E-state index in [-0.39, 0.29) is 22.9 Å². The largest absolute Gasteiger partial charge is 0.495 e. The van der Waals surface area contributed by atoms with Crippen molar-refractivity contribution in [2.45, 2.75) is 4.90 Å². The molecule has 4 aromatic rings. The molecule has 13 heteroatoms. The van der Waals surface area contributed by atoms with Crippen LogP contribution in [0.15, 0.2) is 63.6 Å². The molecular formula is C19H14N4O7S2. The topological polar surface area (TPSA) is 153 Å². The number of anilines is 2. The van der Waals surface area contributed by atoms with E-state index in [2.05, 4.69) is 10.3 Å². The van der Waals surface area contributed by atoms with Crippen LogP contribution < -0.4 is 15.6 Å². The van der Waals surface area contributed by atoms with E-state index in [0.717, 1.165) is 6.07 Å². The Bertz CT molecular complexity index is 1510. The first-order chi connectivity index (χ1) is 15.2. The van der Waals surface area contributed by atoms with E-state index in [4.69, 9.17) is 4.74 Å². The van der Waals surface area contributed by atoms with Gasteiger partial charge in [-0.15, -0.1) is 11.3 Å². The number of benzene rings is 2. The van der Waals surface area contributed by atoms with Crippen LogP contribution in [0, 0.1) is 10.1 Å². The Balaban J connectivity index is 1.71. The lowest BCUT2D eigenvalue weighted by atomic mass is 10.1. The van der Waals surface area contributed by atoms with Crippen molar-refractivity contribution in [3.05, 3.63) is 74.4 Å². The van der Waals surface area contributed by atoms with E-state index in [1.165, 1.54) is 53.2 Å². The first-order valence-corrected chi connectivity index (χ1v) is 11.2. The maximum atomic E-state index is 12.8. The van der Waals surface area contributed by atoms with Crippen molar-refractivity contribution >= 4 is 43.6 Å². The minimum atomic E-state index is -4.53. The number of nitrogens with zero attached hydrogens (tertiary/aromatic N) is 3. The Kier molecular flexibility index (Phi) is 5.38.